The highest BCUT2D eigenvalue weighted by molar-refractivity contribution is 5.76. The molecule has 0 radical (unpaired) electrons. The fourth-order valence-corrected chi connectivity index (χ4v) is 10.8. The van der Waals surface area contributed by atoms with Crippen LogP contribution in [-0.2, 0) is 32.7 Å². The van der Waals surface area contributed by atoms with Gasteiger partial charge in [0.25, 0.3) is 0 Å². The van der Waals surface area contributed by atoms with Gasteiger partial charge in [0.2, 0.25) is 0 Å². The molecule has 2 saturated heterocycles. The van der Waals surface area contributed by atoms with E-state index in [4.69, 9.17) is 0 Å². The first kappa shape index (κ1) is 54.3. The summed E-state index contributed by atoms with van der Waals surface area (Å²) in [6.07, 6.45) is 1.60. The molecule has 4 atom stereocenters. The largest absolute Gasteiger partial charge is 0.334 e. The lowest BCUT2D eigenvalue weighted by molar-refractivity contribution is 0.226. The lowest BCUT2D eigenvalue weighted by Gasteiger charge is -2.32. The molecule has 0 unspecified atom stereocenters. The summed E-state index contributed by atoms with van der Waals surface area (Å²) < 4.78 is 0. The molecular weight excluding hydrogens is 885 g/mol. The van der Waals surface area contributed by atoms with Crippen LogP contribution in [0.25, 0.3) is 0 Å². The Morgan fingerprint density at radius 3 is 0.917 bits per heavy atom. The van der Waals surface area contributed by atoms with Crippen molar-refractivity contribution in [3.8, 4) is 0 Å². The number of nitrogens with one attached hydrogen (secondary N) is 6. The SMILES string of the molecule is CC(C)(C)c1ccc(C(c2ccc(C(C)(C)C)cc2)[C@H]2C[C@@H](NC(=O)NC(C)(C)c3cccc(C(C)(C)NC(=O)N[C@H]4CN[C@@H](C(c5ccc(C(C)(C)C)cc5)c5ccc(C(C)(C)C)cc5)C4)c3)CN2)cc1. The summed E-state index contributed by atoms with van der Waals surface area (Å²) in [5.41, 5.74) is 11.1. The first-order valence-electron chi connectivity index (χ1n) is 26.6. The minimum absolute atomic E-state index is 0.0415. The van der Waals surface area contributed by atoms with E-state index < -0.39 is 11.1 Å². The van der Waals surface area contributed by atoms with Crippen LogP contribution >= 0.6 is 0 Å². The van der Waals surface area contributed by atoms with E-state index in [9.17, 15) is 9.59 Å². The van der Waals surface area contributed by atoms with Crippen LogP contribution in [0, 0.1) is 0 Å². The van der Waals surface area contributed by atoms with E-state index in [0.29, 0.717) is 13.1 Å². The van der Waals surface area contributed by atoms with E-state index in [1.54, 1.807) is 0 Å². The van der Waals surface area contributed by atoms with Gasteiger partial charge in [0.1, 0.15) is 0 Å². The number of rotatable bonds is 12. The molecule has 6 N–H and O–H groups in total. The van der Waals surface area contributed by atoms with E-state index in [2.05, 4.69) is 218 Å². The molecule has 0 aromatic heterocycles. The molecule has 0 spiro atoms. The van der Waals surface area contributed by atoms with Gasteiger partial charge in [0.05, 0.1) is 11.1 Å². The standard InChI is InChI=1S/C64H88N6O2/c1-59(2,3)45-28-20-41(21-29-45)55(42-22-30-46(31-23-42)60(4,5)6)53-37-51(39-65-53)67-57(71)69-63(13,14)49-18-17-19-50(36-49)64(15,16)70-58(72)68-52-38-54(66-40-52)56(43-24-32-47(33-25-43)61(7,8)9)44-26-34-48(35-27-44)62(10,11)12/h17-36,51-56,65-66H,37-40H2,1-16H3,(H2,67,69,71)(H2,68,70,72)/t51-,52-,53-,54-/m1/s1. The molecule has 8 heteroatoms. The molecule has 2 aliphatic heterocycles. The van der Waals surface area contributed by atoms with Gasteiger partial charge in [-0.1, -0.05) is 204 Å². The average molecular weight is 973 g/mol. The van der Waals surface area contributed by atoms with Crippen molar-refractivity contribution in [2.45, 2.75) is 192 Å². The van der Waals surface area contributed by atoms with Crippen LogP contribution < -0.4 is 31.9 Å². The van der Waals surface area contributed by atoms with Crippen LogP contribution in [0.4, 0.5) is 9.59 Å². The second-order valence-corrected chi connectivity index (χ2v) is 26.4. The average Bonchev–Trinajstić information content (AvgIpc) is 3.95. The van der Waals surface area contributed by atoms with Crippen LogP contribution in [0.2, 0.25) is 0 Å². The van der Waals surface area contributed by atoms with Crippen molar-refractivity contribution < 1.29 is 9.59 Å². The summed E-state index contributed by atoms with van der Waals surface area (Å²) in [6, 6.07) is 44.5. The van der Waals surface area contributed by atoms with Gasteiger partial charge in [0.15, 0.2) is 0 Å². The first-order valence-corrected chi connectivity index (χ1v) is 26.6. The maximum atomic E-state index is 13.9. The van der Waals surface area contributed by atoms with Crippen molar-refractivity contribution in [3.05, 3.63) is 177 Å². The van der Waals surface area contributed by atoms with E-state index in [-0.39, 0.29) is 69.7 Å². The van der Waals surface area contributed by atoms with Crippen LogP contribution in [0.3, 0.4) is 0 Å². The number of urea groups is 2. The van der Waals surface area contributed by atoms with Gasteiger partial charge < -0.3 is 31.9 Å². The van der Waals surface area contributed by atoms with Gasteiger partial charge >= 0.3 is 12.1 Å². The number of hydrogen-bond acceptors (Lipinski definition) is 4. The normalized spacial score (nSPS) is 19.1. The molecule has 386 valence electrons. The summed E-state index contributed by atoms with van der Waals surface area (Å²) >= 11 is 0. The first-order chi connectivity index (χ1) is 33.5. The van der Waals surface area contributed by atoms with Crippen molar-refractivity contribution in [2.75, 3.05) is 13.1 Å². The zero-order valence-corrected chi connectivity index (χ0v) is 46.7. The molecule has 5 aromatic rings. The lowest BCUT2D eigenvalue weighted by Crippen LogP contribution is -2.51. The lowest BCUT2D eigenvalue weighted by atomic mass is 9.80. The molecule has 5 aromatic carbocycles. The Balaban J connectivity index is 0.975. The minimum atomic E-state index is -0.697. The molecule has 0 saturated carbocycles. The highest BCUT2D eigenvalue weighted by Gasteiger charge is 2.37. The molecule has 0 aliphatic carbocycles. The number of benzene rings is 5. The van der Waals surface area contributed by atoms with Crippen LogP contribution in [-0.4, -0.2) is 49.3 Å². The summed E-state index contributed by atoms with van der Waals surface area (Å²) in [7, 11) is 0. The van der Waals surface area contributed by atoms with Gasteiger partial charge in [-0.25, -0.2) is 9.59 Å². The third-order valence-corrected chi connectivity index (χ3v) is 15.5. The van der Waals surface area contributed by atoms with Gasteiger partial charge in [0, 0.05) is 49.1 Å². The molecule has 72 heavy (non-hydrogen) atoms. The van der Waals surface area contributed by atoms with Crippen molar-refractivity contribution in [1.29, 1.82) is 0 Å². The highest BCUT2D eigenvalue weighted by atomic mass is 16.2. The fraction of sp³-hybridized carbons (Fsp3) is 0.500. The van der Waals surface area contributed by atoms with Crippen molar-refractivity contribution in [1.82, 2.24) is 31.9 Å². The Labute approximate surface area is 434 Å². The van der Waals surface area contributed by atoms with Gasteiger partial charge in [-0.15, -0.1) is 0 Å². The Morgan fingerprint density at radius 1 is 0.403 bits per heavy atom. The number of hydrogen-bond donors (Lipinski definition) is 6. The molecule has 8 nitrogen and oxygen atoms in total. The number of carbonyl (C=O) groups is 2. The minimum Gasteiger partial charge on any atom is -0.334 e. The van der Waals surface area contributed by atoms with Crippen LogP contribution in [0.5, 0.6) is 0 Å². The quantitative estimate of drug-likeness (QED) is 0.0749. The van der Waals surface area contributed by atoms with E-state index in [1.165, 1.54) is 44.5 Å². The zero-order valence-electron chi connectivity index (χ0n) is 46.7. The van der Waals surface area contributed by atoms with Crippen molar-refractivity contribution in [3.63, 3.8) is 0 Å². The molecular formula is C64H88N6O2. The molecule has 2 fully saturated rings. The fourth-order valence-electron chi connectivity index (χ4n) is 10.8. The third kappa shape index (κ3) is 13.2. The highest BCUT2D eigenvalue weighted by Crippen LogP contribution is 2.38. The van der Waals surface area contributed by atoms with Crippen molar-refractivity contribution in [2.24, 2.45) is 0 Å². The third-order valence-electron chi connectivity index (χ3n) is 15.5. The van der Waals surface area contributed by atoms with Crippen LogP contribution in [0.15, 0.2) is 121 Å². The smallest absolute Gasteiger partial charge is 0.315 e. The van der Waals surface area contributed by atoms with Crippen LogP contribution in [0.1, 0.15) is 191 Å². The molecule has 0 bridgehead atoms. The van der Waals surface area contributed by atoms with Gasteiger partial charge in [-0.2, -0.15) is 0 Å². The predicted octanol–water partition coefficient (Wildman–Crippen LogP) is 13.1. The monoisotopic (exact) mass is 973 g/mol. The number of carbonyl (C=O) groups excluding carboxylic acids is 2. The summed E-state index contributed by atoms with van der Waals surface area (Å²) in [5, 5.41) is 20.8. The molecule has 4 amide bonds. The van der Waals surface area contributed by atoms with E-state index >= 15 is 0 Å². The Kier molecular flexibility index (Phi) is 15.7. The number of amides is 4. The Bertz CT molecular complexity index is 2330. The van der Waals surface area contributed by atoms with Gasteiger partial charge in [-0.05, 0) is 118 Å². The summed E-state index contributed by atoms with van der Waals surface area (Å²) in [6.45, 7) is 36.5. The van der Waals surface area contributed by atoms with E-state index in [0.717, 1.165) is 24.0 Å². The predicted molar refractivity (Wildman–Crippen MR) is 300 cm³/mol. The Morgan fingerprint density at radius 2 is 0.667 bits per heavy atom. The summed E-state index contributed by atoms with van der Waals surface area (Å²) in [4.78, 5) is 27.7. The zero-order chi connectivity index (χ0) is 52.6. The second kappa shape index (κ2) is 20.8. The molecule has 2 heterocycles. The summed E-state index contributed by atoms with van der Waals surface area (Å²) in [5.74, 6) is 0.258. The van der Waals surface area contributed by atoms with E-state index in [1.807, 2.05) is 45.9 Å². The Hall–Kier alpha value is -5.44. The van der Waals surface area contributed by atoms with Crippen molar-refractivity contribution >= 4 is 12.1 Å². The maximum absolute atomic E-state index is 13.9. The van der Waals surface area contributed by atoms with Gasteiger partial charge in [-0.3, -0.25) is 0 Å². The molecule has 7 rings (SSSR count). The second-order valence-electron chi connectivity index (χ2n) is 26.4. The maximum Gasteiger partial charge on any atom is 0.315 e. The molecule has 2 aliphatic rings. The topological polar surface area (TPSA) is 106 Å².